The molecule has 4 rings (SSSR count). The number of alkyl halides is 6. The molecule has 0 aromatic carbocycles. The van der Waals surface area contributed by atoms with Crippen LogP contribution in [0, 0.1) is 0 Å². The molecule has 0 fully saturated rings. The maximum atomic E-state index is 13.0. The van der Waals surface area contributed by atoms with Crippen molar-refractivity contribution in [2.24, 2.45) is 7.05 Å². The fraction of sp³-hybridized carbons (Fsp3) is 0.333. The third-order valence-electron chi connectivity index (χ3n) is 5.38. The molecule has 0 saturated carbocycles. The summed E-state index contributed by atoms with van der Waals surface area (Å²) in [5, 5.41) is 6.05. The minimum Gasteiger partial charge on any atom is -0.344 e. The van der Waals surface area contributed by atoms with E-state index in [0.717, 1.165) is 16.9 Å². The molecule has 1 aliphatic carbocycles. The number of carbonyl (C=O) groups is 1. The van der Waals surface area contributed by atoms with Crippen molar-refractivity contribution in [2.75, 3.05) is 0 Å². The van der Waals surface area contributed by atoms with Gasteiger partial charge < -0.3 is 5.32 Å². The van der Waals surface area contributed by atoms with E-state index in [1.165, 1.54) is 19.3 Å². The van der Waals surface area contributed by atoms with Crippen LogP contribution in [0.4, 0.5) is 26.3 Å². The van der Waals surface area contributed by atoms with Crippen molar-refractivity contribution >= 4 is 5.91 Å². The first-order valence-corrected chi connectivity index (χ1v) is 9.88. The van der Waals surface area contributed by atoms with Gasteiger partial charge in [0.2, 0.25) is 0 Å². The number of aromatic nitrogens is 4. The predicted molar refractivity (Wildman–Crippen MR) is 104 cm³/mol. The van der Waals surface area contributed by atoms with Gasteiger partial charge in [-0.1, -0.05) is 0 Å². The van der Waals surface area contributed by atoms with E-state index in [9.17, 15) is 31.1 Å². The Kier molecular flexibility index (Phi) is 5.62. The Hall–Kier alpha value is -3.44. The number of hydrogen-bond acceptors (Lipinski definition) is 4. The van der Waals surface area contributed by atoms with Gasteiger partial charge in [0.1, 0.15) is 11.4 Å². The summed E-state index contributed by atoms with van der Waals surface area (Å²) in [5.41, 5.74) is -0.549. The van der Waals surface area contributed by atoms with Crippen molar-refractivity contribution in [2.45, 2.75) is 37.7 Å². The average molecular weight is 469 g/mol. The number of halogens is 6. The van der Waals surface area contributed by atoms with Gasteiger partial charge in [-0.05, 0) is 48.6 Å². The first-order chi connectivity index (χ1) is 15.4. The Morgan fingerprint density at radius 2 is 1.76 bits per heavy atom. The third-order valence-corrected chi connectivity index (χ3v) is 5.38. The molecule has 0 radical (unpaired) electrons. The topological polar surface area (TPSA) is 72.7 Å². The summed E-state index contributed by atoms with van der Waals surface area (Å²) in [6.45, 7) is 0. The van der Waals surface area contributed by atoms with E-state index in [1.54, 1.807) is 6.07 Å². The highest BCUT2D eigenvalue weighted by Crippen LogP contribution is 2.34. The van der Waals surface area contributed by atoms with Gasteiger partial charge in [-0.2, -0.15) is 31.4 Å². The van der Waals surface area contributed by atoms with Crippen LogP contribution in [0.3, 0.4) is 0 Å². The summed E-state index contributed by atoms with van der Waals surface area (Å²) < 4.78 is 78.7. The fourth-order valence-electron chi connectivity index (χ4n) is 3.77. The molecule has 0 bridgehead atoms. The standard InChI is InChI=1S/C21H17F6N5O/c1-32-16(9-18(31-32)21(25,26)27)19(33)30-15-4-2-3-14-13(15)7-12(10-29-14)11-5-6-28-17(8-11)20(22,23)24/h5-10,15H,2-4H2,1H3,(H,30,33). The molecule has 0 aliphatic heterocycles. The lowest BCUT2D eigenvalue weighted by Gasteiger charge is -2.26. The molecular weight excluding hydrogens is 452 g/mol. The van der Waals surface area contributed by atoms with Crippen LogP contribution in [-0.4, -0.2) is 25.7 Å². The summed E-state index contributed by atoms with van der Waals surface area (Å²) in [4.78, 5) is 20.4. The normalized spacial score (nSPS) is 16.4. The van der Waals surface area contributed by atoms with E-state index in [0.29, 0.717) is 42.1 Å². The third kappa shape index (κ3) is 4.69. The Morgan fingerprint density at radius 1 is 1.03 bits per heavy atom. The Bertz CT molecular complexity index is 1200. The molecule has 3 aromatic rings. The summed E-state index contributed by atoms with van der Waals surface area (Å²) in [6.07, 6.45) is -5.00. The Balaban J connectivity index is 1.63. The number of carbonyl (C=O) groups excluding carboxylic acids is 1. The van der Waals surface area contributed by atoms with Gasteiger partial charge in [-0.25, -0.2) is 0 Å². The minimum absolute atomic E-state index is 0.254. The van der Waals surface area contributed by atoms with Crippen molar-refractivity contribution in [1.29, 1.82) is 0 Å². The molecular formula is C21H17F6N5O. The summed E-state index contributed by atoms with van der Waals surface area (Å²) >= 11 is 0. The maximum absolute atomic E-state index is 13.0. The molecule has 3 heterocycles. The van der Waals surface area contributed by atoms with E-state index in [-0.39, 0.29) is 11.3 Å². The molecule has 6 nitrogen and oxygen atoms in total. The quantitative estimate of drug-likeness (QED) is 0.564. The maximum Gasteiger partial charge on any atom is 0.435 e. The van der Waals surface area contributed by atoms with Crippen molar-refractivity contribution in [3.8, 4) is 11.1 Å². The Labute approximate surface area is 183 Å². The van der Waals surface area contributed by atoms with Crippen molar-refractivity contribution in [3.63, 3.8) is 0 Å². The van der Waals surface area contributed by atoms with Gasteiger partial charge >= 0.3 is 12.4 Å². The molecule has 1 amide bonds. The number of nitrogens with one attached hydrogen (secondary N) is 1. The number of pyridine rings is 2. The van der Waals surface area contributed by atoms with Crippen LogP contribution in [0.5, 0.6) is 0 Å². The zero-order chi connectivity index (χ0) is 24.0. The van der Waals surface area contributed by atoms with Gasteiger partial charge in [-0.3, -0.25) is 19.4 Å². The van der Waals surface area contributed by atoms with Crippen molar-refractivity contribution in [3.05, 3.63) is 65.0 Å². The second kappa shape index (κ2) is 8.16. The van der Waals surface area contributed by atoms with Crippen LogP contribution >= 0.6 is 0 Å². The predicted octanol–water partition coefficient (Wildman–Crippen LogP) is 4.72. The van der Waals surface area contributed by atoms with Crippen molar-refractivity contribution in [1.82, 2.24) is 25.1 Å². The fourth-order valence-corrected chi connectivity index (χ4v) is 3.77. The lowest BCUT2D eigenvalue weighted by Crippen LogP contribution is -2.32. The molecule has 1 N–H and O–H groups in total. The van der Waals surface area contributed by atoms with E-state index in [1.807, 2.05) is 0 Å². The second-order valence-electron chi connectivity index (χ2n) is 7.64. The van der Waals surface area contributed by atoms with Crippen LogP contribution in [0.25, 0.3) is 11.1 Å². The van der Waals surface area contributed by atoms with Crippen molar-refractivity contribution < 1.29 is 31.1 Å². The van der Waals surface area contributed by atoms with Gasteiger partial charge in [0.15, 0.2) is 5.69 Å². The number of nitrogens with zero attached hydrogens (tertiary/aromatic N) is 4. The van der Waals surface area contributed by atoms with E-state index < -0.39 is 35.7 Å². The molecule has 174 valence electrons. The lowest BCUT2D eigenvalue weighted by molar-refractivity contribution is -0.142. The van der Waals surface area contributed by atoms with Crippen LogP contribution in [0.15, 0.2) is 36.7 Å². The highest BCUT2D eigenvalue weighted by Gasteiger charge is 2.36. The van der Waals surface area contributed by atoms with Gasteiger partial charge in [0, 0.05) is 36.8 Å². The van der Waals surface area contributed by atoms with Crippen LogP contribution in [0.2, 0.25) is 0 Å². The highest BCUT2D eigenvalue weighted by atomic mass is 19.4. The zero-order valence-electron chi connectivity index (χ0n) is 17.1. The second-order valence-corrected chi connectivity index (χ2v) is 7.64. The van der Waals surface area contributed by atoms with E-state index in [4.69, 9.17) is 0 Å². The van der Waals surface area contributed by atoms with Crippen LogP contribution in [0.1, 0.15) is 52.0 Å². The first kappa shape index (κ1) is 22.7. The summed E-state index contributed by atoms with van der Waals surface area (Å²) in [7, 11) is 1.24. The lowest BCUT2D eigenvalue weighted by atomic mass is 9.89. The highest BCUT2D eigenvalue weighted by molar-refractivity contribution is 5.93. The van der Waals surface area contributed by atoms with Gasteiger partial charge in [0.05, 0.1) is 6.04 Å². The smallest absolute Gasteiger partial charge is 0.344 e. The number of rotatable bonds is 3. The zero-order valence-corrected chi connectivity index (χ0v) is 17.1. The monoisotopic (exact) mass is 469 g/mol. The summed E-state index contributed by atoms with van der Waals surface area (Å²) in [6, 6.07) is 4.08. The molecule has 1 aliphatic rings. The first-order valence-electron chi connectivity index (χ1n) is 9.88. The SMILES string of the molecule is Cn1nc(C(F)(F)F)cc1C(=O)NC1CCCc2ncc(-c3ccnc(C(F)(F)F)c3)cc21. The van der Waals surface area contributed by atoms with E-state index in [2.05, 4.69) is 20.4 Å². The molecule has 1 atom stereocenters. The average Bonchev–Trinajstić information content (AvgIpc) is 3.15. The number of amides is 1. The number of aryl methyl sites for hydroxylation is 2. The molecule has 3 aromatic heterocycles. The molecule has 33 heavy (non-hydrogen) atoms. The number of hydrogen-bond donors (Lipinski definition) is 1. The molecule has 12 heteroatoms. The van der Waals surface area contributed by atoms with Gasteiger partial charge in [-0.15, -0.1) is 0 Å². The summed E-state index contributed by atoms with van der Waals surface area (Å²) in [5.74, 6) is -0.743. The van der Waals surface area contributed by atoms with Gasteiger partial charge in [0.25, 0.3) is 5.91 Å². The number of fused-ring (bicyclic) bond motifs is 1. The molecule has 1 unspecified atom stereocenters. The molecule has 0 spiro atoms. The largest absolute Gasteiger partial charge is 0.435 e. The molecule has 0 saturated heterocycles. The minimum atomic E-state index is -4.69. The van der Waals surface area contributed by atoms with E-state index >= 15 is 0 Å². The Morgan fingerprint density at radius 3 is 2.42 bits per heavy atom. The van der Waals surface area contributed by atoms with Crippen LogP contribution < -0.4 is 5.32 Å². The van der Waals surface area contributed by atoms with Crippen LogP contribution in [-0.2, 0) is 25.8 Å².